The summed E-state index contributed by atoms with van der Waals surface area (Å²) < 4.78 is 0. The van der Waals surface area contributed by atoms with E-state index < -0.39 is 0 Å². The highest BCUT2D eigenvalue weighted by Crippen LogP contribution is 2.32. The molecular formula is C16H18O2S. The molecule has 3 heteroatoms. The lowest BCUT2D eigenvalue weighted by Crippen LogP contribution is -2.00. The van der Waals surface area contributed by atoms with Gasteiger partial charge in [0.15, 0.2) is 10.9 Å². The molecule has 0 aromatic heterocycles. The van der Waals surface area contributed by atoms with Crippen LogP contribution in [0.4, 0.5) is 0 Å². The Kier molecular flexibility index (Phi) is 4.97. The van der Waals surface area contributed by atoms with Crippen molar-refractivity contribution in [2.45, 2.75) is 26.2 Å². The number of hydrogen-bond acceptors (Lipinski definition) is 3. The van der Waals surface area contributed by atoms with Crippen LogP contribution in [0.15, 0.2) is 30.3 Å². The Labute approximate surface area is 118 Å². The fourth-order valence-corrected chi connectivity index (χ4v) is 2.37. The van der Waals surface area contributed by atoms with Crippen molar-refractivity contribution in [1.29, 1.82) is 0 Å². The molecule has 0 bridgehead atoms. The van der Waals surface area contributed by atoms with E-state index in [2.05, 4.69) is 6.08 Å². The van der Waals surface area contributed by atoms with Crippen molar-refractivity contribution in [2.75, 3.05) is 5.75 Å². The van der Waals surface area contributed by atoms with Crippen molar-refractivity contribution < 1.29 is 9.59 Å². The van der Waals surface area contributed by atoms with Crippen LogP contribution in [0.2, 0.25) is 0 Å². The minimum Gasteiger partial charge on any atom is -0.294 e. The first-order valence-electron chi connectivity index (χ1n) is 6.61. The molecule has 0 aliphatic heterocycles. The molecule has 0 amide bonds. The van der Waals surface area contributed by atoms with Crippen molar-refractivity contribution >= 4 is 28.7 Å². The van der Waals surface area contributed by atoms with Gasteiger partial charge in [-0.05, 0) is 24.8 Å². The lowest BCUT2D eigenvalue weighted by Gasteiger charge is -1.99. The van der Waals surface area contributed by atoms with E-state index in [0.29, 0.717) is 0 Å². The van der Waals surface area contributed by atoms with E-state index >= 15 is 0 Å². The Balaban J connectivity index is 1.82. The molecule has 0 atom stereocenters. The zero-order chi connectivity index (χ0) is 13.7. The van der Waals surface area contributed by atoms with Gasteiger partial charge in [0.1, 0.15) is 0 Å². The molecule has 1 aliphatic carbocycles. The van der Waals surface area contributed by atoms with Crippen LogP contribution in [0.25, 0.3) is 6.08 Å². The van der Waals surface area contributed by atoms with E-state index in [0.717, 1.165) is 36.1 Å². The van der Waals surface area contributed by atoms with Crippen LogP contribution in [-0.4, -0.2) is 16.7 Å². The van der Waals surface area contributed by atoms with E-state index in [1.807, 2.05) is 30.3 Å². The van der Waals surface area contributed by atoms with Gasteiger partial charge < -0.3 is 0 Å². The third-order valence-electron chi connectivity index (χ3n) is 3.04. The largest absolute Gasteiger partial charge is 0.294 e. The number of thioether (sulfide) groups is 1. The van der Waals surface area contributed by atoms with Gasteiger partial charge in [0, 0.05) is 24.2 Å². The van der Waals surface area contributed by atoms with Crippen LogP contribution in [0, 0.1) is 5.92 Å². The fourth-order valence-electron chi connectivity index (χ4n) is 1.83. The second kappa shape index (κ2) is 6.71. The summed E-state index contributed by atoms with van der Waals surface area (Å²) in [7, 11) is 0. The quantitative estimate of drug-likeness (QED) is 0.581. The smallest absolute Gasteiger partial charge is 0.185 e. The number of hydrogen-bond donors (Lipinski definition) is 0. The molecule has 0 saturated heterocycles. The van der Waals surface area contributed by atoms with Gasteiger partial charge in [0.2, 0.25) is 0 Å². The van der Waals surface area contributed by atoms with E-state index in [9.17, 15) is 9.59 Å². The molecule has 1 saturated carbocycles. The van der Waals surface area contributed by atoms with Gasteiger partial charge >= 0.3 is 0 Å². The highest BCUT2D eigenvalue weighted by molar-refractivity contribution is 8.13. The van der Waals surface area contributed by atoms with Gasteiger partial charge in [-0.2, -0.15) is 0 Å². The number of carbonyl (C=O) groups is 2. The summed E-state index contributed by atoms with van der Waals surface area (Å²) in [5, 5.41) is 0.163. The number of ketones is 1. The highest BCUT2D eigenvalue weighted by atomic mass is 32.2. The van der Waals surface area contributed by atoms with E-state index in [1.54, 1.807) is 6.92 Å². The molecular weight excluding hydrogens is 256 g/mol. The first kappa shape index (κ1) is 14.1. The van der Waals surface area contributed by atoms with Gasteiger partial charge in [0.25, 0.3) is 0 Å². The maximum absolute atomic E-state index is 11.8. The Morgan fingerprint density at radius 3 is 2.53 bits per heavy atom. The molecule has 0 N–H and O–H groups in total. The van der Waals surface area contributed by atoms with Crippen LogP contribution in [-0.2, 0) is 4.79 Å². The maximum Gasteiger partial charge on any atom is 0.185 e. The number of rotatable bonds is 6. The third-order valence-corrected chi connectivity index (χ3v) is 3.89. The van der Waals surface area contributed by atoms with Gasteiger partial charge in [-0.15, -0.1) is 0 Å². The minimum atomic E-state index is 0.163. The number of Topliss-reactive ketones (excluding diaryl/α,β-unsaturated/α-hetero) is 1. The predicted molar refractivity (Wildman–Crippen MR) is 80.3 cm³/mol. The molecule has 0 radical (unpaired) electrons. The highest BCUT2D eigenvalue weighted by Gasteiger charge is 2.30. The third kappa shape index (κ3) is 4.67. The van der Waals surface area contributed by atoms with Crippen molar-refractivity contribution in [3.63, 3.8) is 0 Å². The normalized spacial score (nSPS) is 14.8. The van der Waals surface area contributed by atoms with E-state index in [4.69, 9.17) is 0 Å². The molecule has 19 heavy (non-hydrogen) atoms. The number of allylic oxidation sites excluding steroid dienone is 1. The molecule has 0 unspecified atom stereocenters. The average molecular weight is 274 g/mol. The lowest BCUT2D eigenvalue weighted by molar-refractivity contribution is -0.109. The van der Waals surface area contributed by atoms with Gasteiger partial charge in [-0.25, -0.2) is 0 Å². The molecule has 0 heterocycles. The maximum atomic E-state index is 11.8. The predicted octanol–water partition coefficient (Wildman–Crippen LogP) is 3.96. The molecule has 1 aromatic rings. The Morgan fingerprint density at radius 1 is 1.26 bits per heavy atom. The summed E-state index contributed by atoms with van der Waals surface area (Å²) in [5.74, 6) is 1.39. The second-order valence-electron chi connectivity index (χ2n) is 4.79. The van der Waals surface area contributed by atoms with E-state index in [-0.39, 0.29) is 16.8 Å². The van der Waals surface area contributed by atoms with Crippen molar-refractivity contribution in [1.82, 2.24) is 0 Å². The Bertz CT molecular complexity index is 484. The standard InChI is InChI=1S/C16H18O2S/c1-12(17)19-11-3-2-4-13-5-7-14(8-6-13)16(18)15-9-10-15/h2,4-8,15H,3,9-11H2,1H3. The van der Waals surface area contributed by atoms with Crippen molar-refractivity contribution in [3.8, 4) is 0 Å². The first-order valence-corrected chi connectivity index (χ1v) is 7.59. The molecule has 2 nitrogen and oxygen atoms in total. The fraction of sp³-hybridized carbons (Fsp3) is 0.375. The molecule has 2 rings (SSSR count). The summed E-state index contributed by atoms with van der Waals surface area (Å²) in [6.07, 6.45) is 7.08. The lowest BCUT2D eigenvalue weighted by atomic mass is 10.0. The minimum absolute atomic E-state index is 0.163. The average Bonchev–Trinajstić information content (AvgIpc) is 3.22. The summed E-state index contributed by atoms with van der Waals surface area (Å²) in [4.78, 5) is 22.6. The van der Waals surface area contributed by atoms with Crippen molar-refractivity contribution in [3.05, 3.63) is 41.5 Å². The van der Waals surface area contributed by atoms with Gasteiger partial charge in [-0.3, -0.25) is 9.59 Å². The summed E-state index contributed by atoms with van der Waals surface area (Å²) >= 11 is 1.35. The zero-order valence-corrected chi connectivity index (χ0v) is 11.9. The molecule has 100 valence electrons. The topological polar surface area (TPSA) is 34.1 Å². The molecule has 1 fully saturated rings. The Hall–Kier alpha value is -1.35. The zero-order valence-electron chi connectivity index (χ0n) is 11.1. The first-order chi connectivity index (χ1) is 9.16. The SMILES string of the molecule is CC(=O)SCCC=Cc1ccc(C(=O)C2CC2)cc1. The molecule has 1 aliphatic rings. The Morgan fingerprint density at radius 2 is 1.95 bits per heavy atom. The second-order valence-corrected chi connectivity index (χ2v) is 6.06. The number of benzene rings is 1. The van der Waals surface area contributed by atoms with Crippen LogP contribution in [0.5, 0.6) is 0 Å². The van der Waals surface area contributed by atoms with Crippen LogP contribution < -0.4 is 0 Å². The monoisotopic (exact) mass is 274 g/mol. The van der Waals surface area contributed by atoms with Crippen LogP contribution in [0.1, 0.15) is 42.1 Å². The van der Waals surface area contributed by atoms with Gasteiger partial charge in [-0.1, -0.05) is 48.2 Å². The summed E-state index contributed by atoms with van der Waals surface area (Å²) in [6, 6.07) is 7.77. The number of carbonyl (C=O) groups excluding carboxylic acids is 2. The summed E-state index contributed by atoms with van der Waals surface area (Å²) in [5.41, 5.74) is 1.92. The van der Waals surface area contributed by atoms with Crippen molar-refractivity contribution in [2.24, 2.45) is 5.92 Å². The van der Waals surface area contributed by atoms with Crippen LogP contribution >= 0.6 is 11.8 Å². The summed E-state index contributed by atoms with van der Waals surface area (Å²) in [6.45, 7) is 1.59. The van der Waals surface area contributed by atoms with Gasteiger partial charge in [0.05, 0.1) is 0 Å². The molecule has 1 aromatic carbocycles. The molecule has 0 spiro atoms. The van der Waals surface area contributed by atoms with E-state index in [1.165, 1.54) is 11.8 Å². The van der Waals surface area contributed by atoms with Crippen LogP contribution in [0.3, 0.4) is 0 Å².